The molecule has 0 amide bonds. The molecule has 0 aliphatic rings. The summed E-state index contributed by atoms with van der Waals surface area (Å²) in [6.45, 7) is 14.3. The normalized spacial score (nSPS) is 11.9. The molecule has 0 rings (SSSR count). The van der Waals surface area contributed by atoms with E-state index in [1.54, 1.807) is 0 Å². The summed E-state index contributed by atoms with van der Waals surface area (Å²) < 4.78 is 0. The molecule has 0 fully saturated rings. The van der Waals surface area contributed by atoms with Gasteiger partial charge >= 0.3 is 0 Å². The zero-order valence-electron chi connectivity index (χ0n) is 10.7. The van der Waals surface area contributed by atoms with Crippen LogP contribution in [0.5, 0.6) is 0 Å². The Kier molecular flexibility index (Phi) is 12.3. The number of hydrogen-bond acceptors (Lipinski definition) is 2. The fourth-order valence-corrected chi connectivity index (χ4v) is 1.02. The summed E-state index contributed by atoms with van der Waals surface area (Å²) in [4.78, 5) is 11.1. The maximum absolute atomic E-state index is 11.1. The van der Waals surface area contributed by atoms with Crippen LogP contribution < -0.4 is 5.32 Å². The highest BCUT2D eigenvalue weighted by Gasteiger charge is 2.13. The van der Waals surface area contributed by atoms with Crippen LogP contribution in [0.2, 0.25) is 0 Å². The van der Waals surface area contributed by atoms with Crippen LogP contribution in [0.25, 0.3) is 0 Å². The van der Waals surface area contributed by atoms with E-state index in [0.717, 1.165) is 19.5 Å². The summed E-state index contributed by atoms with van der Waals surface area (Å²) >= 11 is 0. The van der Waals surface area contributed by atoms with Gasteiger partial charge in [-0.3, -0.25) is 4.79 Å². The molecule has 1 atom stereocenters. The van der Waals surface area contributed by atoms with Crippen molar-refractivity contribution in [1.29, 1.82) is 0 Å². The Balaban J connectivity index is 0. The molecular formula is C12H27NO. The largest absolute Gasteiger partial charge is 0.317 e. The lowest BCUT2D eigenvalue weighted by Gasteiger charge is -2.08. The Morgan fingerprint density at radius 2 is 1.50 bits per heavy atom. The third-order valence-electron chi connectivity index (χ3n) is 2.17. The van der Waals surface area contributed by atoms with E-state index < -0.39 is 0 Å². The van der Waals surface area contributed by atoms with Crippen molar-refractivity contribution in [2.45, 2.75) is 48.0 Å². The Morgan fingerprint density at radius 3 is 1.57 bits per heavy atom. The van der Waals surface area contributed by atoms with E-state index in [9.17, 15) is 4.79 Å². The molecule has 14 heavy (non-hydrogen) atoms. The number of carbonyl (C=O) groups is 1. The molecule has 0 saturated heterocycles. The first kappa shape index (κ1) is 16.1. The number of Topliss-reactive ketones (excluding diaryl/α,β-unsaturated/α-hetero) is 1. The smallest absolute Gasteiger partial charge is 0.138 e. The van der Waals surface area contributed by atoms with Gasteiger partial charge in [0.15, 0.2) is 0 Å². The Hall–Kier alpha value is -0.370. The first-order valence-corrected chi connectivity index (χ1v) is 5.75. The summed E-state index contributed by atoms with van der Waals surface area (Å²) in [6.07, 6.45) is 0.969. The Labute approximate surface area is 89.5 Å². The Bertz CT molecular complexity index is 130. The molecule has 86 valence electrons. The summed E-state index contributed by atoms with van der Waals surface area (Å²) in [5.74, 6) is 0.849. The van der Waals surface area contributed by atoms with Gasteiger partial charge in [0.05, 0.1) is 0 Å². The number of hydrogen-bond donors (Lipinski definition) is 1. The molecular weight excluding hydrogens is 174 g/mol. The molecule has 0 unspecified atom stereocenters. The van der Waals surface area contributed by atoms with Crippen molar-refractivity contribution in [3.05, 3.63) is 0 Å². The van der Waals surface area contributed by atoms with E-state index in [1.807, 2.05) is 27.7 Å². The van der Waals surface area contributed by atoms with Crippen molar-refractivity contribution < 1.29 is 4.79 Å². The lowest BCUT2D eigenvalue weighted by molar-refractivity contribution is -0.125. The molecule has 0 aromatic rings. The molecule has 0 spiro atoms. The van der Waals surface area contributed by atoms with E-state index in [4.69, 9.17) is 0 Å². The monoisotopic (exact) mass is 201 g/mol. The van der Waals surface area contributed by atoms with Gasteiger partial charge in [0.25, 0.3) is 0 Å². The molecule has 0 aromatic heterocycles. The van der Waals surface area contributed by atoms with Crippen molar-refractivity contribution in [1.82, 2.24) is 5.32 Å². The summed E-state index contributed by atoms with van der Waals surface area (Å²) in [5, 5.41) is 3.11. The molecule has 0 saturated carbocycles. The highest BCUT2D eigenvalue weighted by atomic mass is 16.1. The van der Waals surface area contributed by atoms with E-state index >= 15 is 0 Å². The summed E-state index contributed by atoms with van der Waals surface area (Å²) in [7, 11) is 0. The lowest BCUT2D eigenvalue weighted by Crippen LogP contribution is -2.15. The molecule has 0 aliphatic heterocycles. The van der Waals surface area contributed by atoms with Crippen LogP contribution in [-0.2, 0) is 4.79 Å². The number of ketones is 1. The zero-order valence-corrected chi connectivity index (χ0v) is 10.7. The van der Waals surface area contributed by atoms with Gasteiger partial charge in [0.1, 0.15) is 5.78 Å². The number of rotatable bonds is 5. The fourth-order valence-electron chi connectivity index (χ4n) is 1.02. The highest BCUT2D eigenvalue weighted by molar-refractivity contribution is 5.82. The van der Waals surface area contributed by atoms with Gasteiger partial charge < -0.3 is 5.32 Å². The van der Waals surface area contributed by atoms with Crippen LogP contribution >= 0.6 is 0 Å². The molecule has 2 heteroatoms. The van der Waals surface area contributed by atoms with Crippen LogP contribution in [0, 0.1) is 11.8 Å². The maximum atomic E-state index is 11.1. The average molecular weight is 201 g/mol. The quantitative estimate of drug-likeness (QED) is 0.741. The van der Waals surface area contributed by atoms with E-state index in [0.29, 0.717) is 5.78 Å². The second-order valence-corrected chi connectivity index (χ2v) is 3.82. The van der Waals surface area contributed by atoms with Crippen LogP contribution in [0.3, 0.4) is 0 Å². The van der Waals surface area contributed by atoms with E-state index in [-0.39, 0.29) is 11.8 Å². The molecule has 0 aliphatic carbocycles. The van der Waals surface area contributed by atoms with Gasteiger partial charge in [-0.05, 0) is 19.5 Å². The second kappa shape index (κ2) is 10.7. The second-order valence-electron chi connectivity index (χ2n) is 3.82. The maximum Gasteiger partial charge on any atom is 0.138 e. The number of nitrogens with one attached hydrogen (secondary N) is 1. The molecule has 1 N–H and O–H groups in total. The van der Waals surface area contributed by atoms with Crippen molar-refractivity contribution >= 4 is 5.78 Å². The topological polar surface area (TPSA) is 29.1 Å². The highest BCUT2D eigenvalue weighted by Crippen LogP contribution is 2.08. The lowest BCUT2D eigenvalue weighted by atomic mass is 9.95. The van der Waals surface area contributed by atoms with Crippen molar-refractivity contribution in [3.63, 3.8) is 0 Å². The van der Waals surface area contributed by atoms with E-state index in [1.165, 1.54) is 0 Å². The zero-order chi connectivity index (χ0) is 11.6. The first-order valence-electron chi connectivity index (χ1n) is 5.75. The van der Waals surface area contributed by atoms with Gasteiger partial charge in [-0.25, -0.2) is 0 Å². The molecule has 2 nitrogen and oxygen atoms in total. The summed E-state index contributed by atoms with van der Waals surface area (Å²) in [5.41, 5.74) is 0. The Morgan fingerprint density at radius 1 is 1.07 bits per heavy atom. The predicted molar refractivity (Wildman–Crippen MR) is 63.5 cm³/mol. The molecule has 0 bridgehead atoms. The average Bonchev–Trinajstić information content (AvgIpc) is 2.17. The fraction of sp³-hybridized carbons (Fsp3) is 0.917. The minimum atomic E-state index is 0.208. The van der Waals surface area contributed by atoms with Crippen LogP contribution in [0.1, 0.15) is 48.0 Å². The third-order valence-corrected chi connectivity index (χ3v) is 2.17. The van der Waals surface area contributed by atoms with Crippen molar-refractivity contribution in [3.8, 4) is 0 Å². The van der Waals surface area contributed by atoms with Crippen molar-refractivity contribution in [2.75, 3.05) is 13.1 Å². The van der Waals surface area contributed by atoms with Gasteiger partial charge in [0.2, 0.25) is 0 Å². The number of carbonyl (C=O) groups excluding carboxylic acids is 1. The minimum absolute atomic E-state index is 0.208. The molecule has 0 aromatic carbocycles. The van der Waals surface area contributed by atoms with Gasteiger partial charge in [-0.1, -0.05) is 41.5 Å². The standard InChI is InChI=1S/C8H16O.C4H11N/c1-5-7(4)8(9)6(2)3;1-3-5-4-2/h6-7H,5H2,1-4H3;5H,3-4H2,1-2H3/t7-;/m1./s1. The van der Waals surface area contributed by atoms with Gasteiger partial charge in [0, 0.05) is 11.8 Å². The summed E-state index contributed by atoms with van der Waals surface area (Å²) in [6, 6.07) is 0. The van der Waals surface area contributed by atoms with Crippen LogP contribution in [0.4, 0.5) is 0 Å². The predicted octanol–water partition coefficient (Wildman–Crippen LogP) is 2.87. The van der Waals surface area contributed by atoms with Crippen molar-refractivity contribution in [2.24, 2.45) is 11.8 Å². The third kappa shape index (κ3) is 9.72. The first-order chi connectivity index (χ1) is 6.51. The molecule has 0 radical (unpaired) electrons. The van der Waals surface area contributed by atoms with Gasteiger partial charge in [-0.2, -0.15) is 0 Å². The van der Waals surface area contributed by atoms with Gasteiger partial charge in [-0.15, -0.1) is 0 Å². The van der Waals surface area contributed by atoms with E-state index in [2.05, 4.69) is 19.2 Å². The minimum Gasteiger partial charge on any atom is -0.317 e. The molecule has 0 heterocycles. The SMILES string of the molecule is CCNCC.CC[C@@H](C)C(=O)C(C)C. The van der Waals surface area contributed by atoms with Crippen LogP contribution in [0.15, 0.2) is 0 Å². The van der Waals surface area contributed by atoms with Crippen LogP contribution in [-0.4, -0.2) is 18.9 Å².